The molecule has 0 saturated carbocycles. The molecule has 2 aromatic rings. The standard InChI is InChI=1S/C29H39BrN2O5/c1-21(2)36-26-24(12-9-13-25(26)30)19-32(28(34)37-29(3,4)5)18-22-14-16-31(17-15-22)27(33)35-20-23-10-7-6-8-11-23/h6-13,21-22H,14-20H2,1-5H3. The van der Waals surface area contributed by atoms with Crippen molar-refractivity contribution in [1.82, 2.24) is 9.80 Å². The van der Waals surface area contributed by atoms with Gasteiger partial charge in [-0.2, -0.15) is 0 Å². The van der Waals surface area contributed by atoms with E-state index >= 15 is 0 Å². The maximum atomic E-state index is 13.2. The quantitative estimate of drug-likeness (QED) is 0.338. The lowest BCUT2D eigenvalue weighted by molar-refractivity contribution is 0.0167. The molecule has 2 aromatic carbocycles. The lowest BCUT2D eigenvalue weighted by Gasteiger charge is -2.35. The predicted molar refractivity (Wildman–Crippen MR) is 147 cm³/mol. The minimum absolute atomic E-state index is 0.00148. The van der Waals surface area contributed by atoms with E-state index in [9.17, 15) is 9.59 Å². The maximum absolute atomic E-state index is 13.2. The van der Waals surface area contributed by atoms with Gasteiger partial charge in [0.15, 0.2) is 0 Å². The molecule has 8 heteroatoms. The van der Waals surface area contributed by atoms with E-state index < -0.39 is 5.60 Å². The van der Waals surface area contributed by atoms with E-state index in [0.29, 0.717) is 26.2 Å². The van der Waals surface area contributed by atoms with Gasteiger partial charge in [0, 0.05) is 25.2 Å². The molecular formula is C29H39BrN2O5. The van der Waals surface area contributed by atoms with Crippen LogP contribution in [0.2, 0.25) is 0 Å². The Balaban J connectivity index is 1.63. The fourth-order valence-corrected chi connectivity index (χ4v) is 4.70. The Morgan fingerprint density at radius 2 is 1.73 bits per heavy atom. The van der Waals surface area contributed by atoms with Crippen molar-refractivity contribution >= 4 is 28.1 Å². The largest absolute Gasteiger partial charge is 0.489 e. The summed E-state index contributed by atoms with van der Waals surface area (Å²) in [5.74, 6) is 0.981. The number of halogens is 1. The monoisotopic (exact) mass is 574 g/mol. The molecule has 1 aliphatic rings. The number of benzene rings is 2. The Kier molecular flexibility index (Phi) is 10.3. The van der Waals surface area contributed by atoms with Gasteiger partial charge in [-0.1, -0.05) is 42.5 Å². The molecule has 0 aromatic heterocycles. The number of hydrogen-bond acceptors (Lipinski definition) is 5. The minimum atomic E-state index is -0.601. The van der Waals surface area contributed by atoms with Gasteiger partial charge in [-0.25, -0.2) is 9.59 Å². The third kappa shape index (κ3) is 9.26. The molecule has 0 aliphatic carbocycles. The van der Waals surface area contributed by atoms with E-state index in [-0.39, 0.29) is 30.8 Å². The van der Waals surface area contributed by atoms with Crippen LogP contribution in [-0.2, 0) is 22.6 Å². The molecule has 202 valence electrons. The van der Waals surface area contributed by atoms with Crippen LogP contribution in [0.25, 0.3) is 0 Å². The molecule has 0 N–H and O–H groups in total. The second kappa shape index (κ2) is 13.2. The summed E-state index contributed by atoms with van der Waals surface area (Å²) in [7, 11) is 0. The van der Waals surface area contributed by atoms with Crippen molar-refractivity contribution in [2.24, 2.45) is 5.92 Å². The van der Waals surface area contributed by atoms with Crippen LogP contribution in [0.4, 0.5) is 9.59 Å². The van der Waals surface area contributed by atoms with Gasteiger partial charge in [-0.3, -0.25) is 0 Å². The molecule has 1 aliphatic heterocycles. The van der Waals surface area contributed by atoms with Crippen LogP contribution in [-0.4, -0.2) is 53.3 Å². The van der Waals surface area contributed by atoms with Crippen molar-refractivity contribution in [3.05, 3.63) is 64.1 Å². The Morgan fingerprint density at radius 1 is 1.05 bits per heavy atom. The molecule has 7 nitrogen and oxygen atoms in total. The Bertz CT molecular complexity index is 1030. The highest BCUT2D eigenvalue weighted by molar-refractivity contribution is 9.10. The average Bonchev–Trinajstić information content (AvgIpc) is 2.84. The van der Waals surface area contributed by atoms with Gasteiger partial charge in [-0.15, -0.1) is 0 Å². The number of para-hydroxylation sites is 1. The maximum Gasteiger partial charge on any atom is 0.410 e. The summed E-state index contributed by atoms with van der Waals surface area (Å²) >= 11 is 3.59. The fourth-order valence-electron chi connectivity index (χ4n) is 4.20. The van der Waals surface area contributed by atoms with Gasteiger partial charge in [0.05, 0.1) is 17.1 Å². The summed E-state index contributed by atoms with van der Waals surface area (Å²) in [5.41, 5.74) is 1.28. The van der Waals surface area contributed by atoms with E-state index in [0.717, 1.165) is 34.2 Å². The third-order valence-corrected chi connectivity index (χ3v) is 6.60. The van der Waals surface area contributed by atoms with Crippen LogP contribution in [0.3, 0.4) is 0 Å². The normalized spacial score (nSPS) is 14.4. The second-order valence-electron chi connectivity index (χ2n) is 10.7. The fraction of sp³-hybridized carbons (Fsp3) is 0.517. The van der Waals surface area contributed by atoms with Crippen molar-refractivity contribution in [3.8, 4) is 5.75 Å². The first kappa shape index (κ1) is 28.8. The van der Waals surface area contributed by atoms with Crippen LogP contribution >= 0.6 is 15.9 Å². The third-order valence-electron chi connectivity index (χ3n) is 5.97. The van der Waals surface area contributed by atoms with Gasteiger partial charge in [-0.05, 0) is 80.9 Å². The Hall–Kier alpha value is -2.74. The van der Waals surface area contributed by atoms with Crippen LogP contribution in [0, 0.1) is 5.92 Å². The van der Waals surface area contributed by atoms with Crippen LogP contribution in [0.5, 0.6) is 5.75 Å². The summed E-state index contributed by atoms with van der Waals surface area (Å²) in [4.78, 5) is 29.3. The van der Waals surface area contributed by atoms with Crippen molar-refractivity contribution in [1.29, 1.82) is 0 Å². The molecular weight excluding hydrogens is 536 g/mol. The van der Waals surface area contributed by atoms with E-state index in [1.165, 1.54) is 0 Å². The Morgan fingerprint density at radius 3 is 2.35 bits per heavy atom. The number of carbonyl (C=O) groups is 2. The smallest absolute Gasteiger partial charge is 0.410 e. The van der Waals surface area contributed by atoms with Crippen molar-refractivity contribution in [2.45, 2.75) is 72.3 Å². The zero-order chi connectivity index (χ0) is 27.0. The molecule has 0 spiro atoms. The number of likely N-dealkylation sites (tertiary alicyclic amines) is 1. The topological polar surface area (TPSA) is 68.3 Å². The second-order valence-corrected chi connectivity index (χ2v) is 11.6. The van der Waals surface area contributed by atoms with E-state index in [1.807, 2.05) is 83.1 Å². The van der Waals surface area contributed by atoms with Gasteiger partial charge >= 0.3 is 12.2 Å². The van der Waals surface area contributed by atoms with Crippen molar-refractivity contribution in [3.63, 3.8) is 0 Å². The molecule has 0 atom stereocenters. The van der Waals surface area contributed by atoms with Gasteiger partial charge in [0.1, 0.15) is 18.0 Å². The summed E-state index contributed by atoms with van der Waals surface area (Å²) in [6, 6.07) is 15.5. The molecule has 1 saturated heterocycles. The molecule has 0 bridgehead atoms. The SMILES string of the molecule is CC(C)Oc1c(Br)cccc1CN(CC1CCN(C(=O)OCc2ccccc2)CC1)C(=O)OC(C)(C)C. The van der Waals surface area contributed by atoms with Gasteiger partial charge in [0.25, 0.3) is 0 Å². The van der Waals surface area contributed by atoms with Gasteiger partial charge < -0.3 is 24.0 Å². The highest BCUT2D eigenvalue weighted by Crippen LogP contribution is 2.32. The lowest BCUT2D eigenvalue weighted by atomic mass is 9.96. The molecule has 1 fully saturated rings. The molecule has 3 rings (SSSR count). The highest BCUT2D eigenvalue weighted by atomic mass is 79.9. The summed E-state index contributed by atoms with van der Waals surface area (Å²) < 4.78 is 18.2. The van der Waals surface area contributed by atoms with Crippen LogP contribution in [0.15, 0.2) is 53.0 Å². The number of piperidine rings is 1. The van der Waals surface area contributed by atoms with E-state index in [1.54, 1.807) is 9.80 Å². The highest BCUT2D eigenvalue weighted by Gasteiger charge is 2.29. The van der Waals surface area contributed by atoms with Gasteiger partial charge in [0.2, 0.25) is 0 Å². The number of ether oxygens (including phenoxy) is 3. The predicted octanol–water partition coefficient (Wildman–Crippen LogP) is 7.02. The Labute approximate surface area is 229 Å². The molecule has 2 amide bonds. The van der Waals surface area contributed by atoms with Crippen molar-refractivity contribution < 1.29 is 23.8 Å². The minimum Gasteiger partial charge on any atom is -0.489 e. The average molecular weight is 576 g/mol. The zero-order valence-electron chi connectivity index (χ0n) is 22.5. The van der Waals surface area contributed by atoms with Crippen LogP contribution < -0.4 is 4.74 Å². The number of amides is 2. The number of carbonyl (C=O) groups excluding carboxylic acids is 2. The molecule has 1 heterocycles. The summed E-state index contributed by atoms with van der Waals surface area (Å²) in [6.45, 7) is 11.9. The number of nitrogens with zero attached hydrogens (tertiary/aromatic N) is 2. The summed E-state index contributed by atoms with van der Waals surface area (Å²) in [5, 5.41) is 0. The zero-order valence-corrected chi connectivity index (χ0v) is 24.1. The molecule has 0 unspecified atom stereocenters. The first-order valence-electron chi connectivity index (χ1n) is 12.9. The first-order valence-corrected chi connectivity index (χ1v) is 13.7. The molecule has 37 heavy (non-hydrogen) atoms. The number of hydrogen-bond donors (Lipinski definition) is 0. The van der Waals surface area contributed by atoms with Crippen molar-refractivity contribution in [2.75, 3.05) is 19.6 Å². The van der Waals surface area contributed by atoms with Crippen LogP contribution in [0.1, 0.15) is 58.6 Å². The first-order chi connectivity index (χ1) is 17.5. The number of rotatable bonds is 8. The molecule has 0 radical (unpaired) electrons. The summed E-state index contributed by atoms with van der Waals surface area (Å²) in [6.07, 6.45) is 0.920. The van der Waals surface area contributed by atoms with E-state index in [4.69, 9.17) is 14.2 Å². The lowest BCUT2D eigenvalue weighted by Crippen LogP contribution is -2.44. The van der Waals surface area contributed by atoms with E-state index in [2.05, 4.69) is 15.9 Å².